The first-order valence-electron chi connectivity index (χ1n) is 7.86. The van der Waals surface area contributed by atoms with Gasteiger partial charge < -0.3 is 9.32 Å². The number of carbonyl (C=O) groups is 1. The molecule has 0 unspecified atom stereocenters. The van der Waals surface area contributed by atoms with Gasteiger partial charge in [-0.15, -0.1) is 5.10 Å². The summed E-state index contributed by atoms with van der Waals surface area (Å²) >= 11 is 0. The first-order valence-corrected chi connectivity index (χ1v) is 7.86. The van der Waals surface area contributed by atoms with Crippen molar-refractivity contribution >= 4 is 5.91 Å². The molecule has 1 aliphatic rings. The van der Waals surface area contributed by atoms with Crippen molar-refractivity contribution in [3.05, 3.63) is 35.1 Å². The molecule has 0 N–H and O–H groups in total. The van der Waals surface area contributed by atoms with Crippen molar-refractivity contribution in [2.75, 3.05) is 0 Å². The molecule has 0 bridgehead atoms. The number of nitrogens with zero attached hydrogens (tertiary/aromatic N) is 4. The predicted molar refractivity (Wildman–Crippen MR) is 83.6 cm³/mol. The fraction of sp³-hybridized carbons (Fsp3) is 0.500. The topological polar surface area (TPSA) is 81.2 Å². The summed E-state index contributed by atoms with van der Waals surface area (Å²) in [6.45, 7) is 3.98. The van der Waals surface area contributed by atoms with E-state index in [1.807, 2.05) is 18.7 Å². The fourth-order valence-electron chi connectivity index (χ4n) is 3.13. The van der Waals surface area contributed by atoms with E-state index < -0.39 is 5.76 Å². The summed E-state index contributed by atoms with van der Waals surface area (Å²) in [5.41, 5.74) is 0.607. The van der Waals surface area contributed by atoms with Crippen molar-refractivity contribution in [2.45, 2.75) is 51.7 Å². The van der Waals surface area contributed by atoms with Gasteiger partial charge in [0.25, 0.3) is 5.89 Å². The van der Waals surface area contributed by atoms with E-state index in [-0.39, 0.29) is 30.4 Å². The lowest BCUT2D eigenvalue weighted by Gasteiger charge is -2.38. The van der Waals surface area contributed by atoms with Gasteiger partial charge in [-0.25, -0.2) is 4.79 Å². The molecule has 1 aliphatic heterocycles. The number of hydrogen-bond donors (Lipinski definition) is 0. The predicted octanol–water partition coefficient (Wildman–Crippen LogP) is 1.69. The smallest absolute Gasteiger partial charge is 0.388 e. The third-order valence-corrected chi connectivity index (χ3v) is 4.28. The van der Waals surface area contributed by atoms with E-state index in [9.17, 15) is 9.59 Å². The second-order valence-electron chi connectivity index (χ2n) is 6.00. The van der Waals surface area contributed by atoms with E-state index in [2.05, 4.69) is 10.1 Å². The van der Waals surface area contributed by atoms with E-state index in [0.717, 1.165) is 23.9 Å². The standard InChI is InChI=1S/C16H20N4O3/c1-11-5-3-6-12(2)20(11)14(21)10-19-16(22)23-15(18-19)13-7-4-8-17-9-13/h4,7-9,11-12H,3,5-6,10H2,1-2H3/t11-,12+. The summed E-state index contributed by atoms with van der Waals surface area (Å²) in [4.78, 5) is 30.3. The van der Waals surface area contributed by atoms with Gasteiger partial charge in [0.05, 0.1) is 5.56 Å². The number of piperidine rings is 1. The zero-order valence-corrected chi connectivity index (χ0v) is 13.3. The van der Waals surface area contributed by atoms with Crippen molar-refractivity contribution in [3.8, 4) is 11.5 Å². The van der Waals surface area contributed by atoms with Gasteiger partial charge in [-0.05, 0) is 45.2 Å². The van der Waals surface area contributed by atoms with Crippen molar-refractivity contribution in [1.82, 2.24) is 19.7 Å². The maximum Gasteiger partial charge on any atom is 0.437 e. The van der Waals surface area contributed by atoms with Crippen LogP contribution in [0.2, 0.25) is 0 Å². The first kappa shape index (κ1) is 15.5. The molecule has 2 aromatic heterocycles. The Hall–Kier alpha value is -2.44. The van der Waals surface area contributed by atoms with Crippen molar-refractivity contribution < 1.29 is 9.21 Å². The molecule has 3 rings (SSSR count). The van der Waals surface area contributed by atoms with Crippen molar-refractivity contribution in [2.24, 2.45) is 0 Å². The van der Waals surface area contributed by atoms with Gasteiger partial charge in [0, 0.05) is 24.5 Å². The number of carbonyl (C=O) groups excluding carboxylic acids is 1. The van der Waals surface area contributed by atoms with Crippen LogP contribution in [-0.4, -0.2) is 37.7 Å². The van der Waals surface area contributed by atoms with Gasteiger partial charge in [-0.3, -0.25) is 9.78 Å². The molecule has 0 spiro atoms. The SMILES string of the molecule is C[C@@H]1CCC[C@H](C)N1C(=O)Cn1nc(-c2cccnc2)oc1=O. The summed E-state index contributed by atoms with van der Waals surface area (Å²) in [6, 6.07) is 3.86. The van der Waals surface area contributed by atoms with E-state index in [1.165, 1.54) is 0 Å². The van der Waals surface area contributed by atoms with Crippen LogP contribution in [0.4, 0.5) is 0 Å². The average Bonchev–Trinajstić information content (AvgIpc) is 2.89. The number of pyridine rings is 1. The molecule has 0 aromatic carbocycles. The fourth-order valence-corrected chi connectivity index (χ4v) is 3.13. The molecule has 3 heterocycles. The minimum Gasteiger partial charge on any atom is -0.388 e. The van der Waals surface area contributed by atoms with Crippen LogP contribution >= 0.6 is 0 Å². The highest BCUT2D eigenvalue weighted by molar-refractivity contribution is 5.76. The van der Waals surface area contributed by atoms with E-state index in [1.54, 1.807) is 24.5 Å². The number of amides is 1. The second kappa shape index (κ2) is 6.36. The number of aromatic nitrogens is 3. The molecular weight excluding hydrogens is 296 g/mol. The molecule has 122 valence electrons. The Kier molecular flexibility index (Phi) is 4.27. The van der Waals surface area contributed by atoms with E-state index in [0.29, 0.717) is 5.56 Å². The van der Waals surface area contributed by atoms with Crippen molar-refractivity contribution in [1.29, 1.82) is 0 Å². The Morgan fingerprint density at radius 2 is 2.09 bits per heavy atom. The van der Waals surface area contributed by atoms with E-state index >= 15 is 0 Å². The van der Waals surface area contributed by atoms with Crippen LogP contribution in [0.15, 0.2) is 33.7 Å². The number of likely N-dealkylation sites (tertiary alicyclic amines) is 1. The quantitative estimate of drug-likeness (QED) is 0.860. The van der Waals surface area contributed by atoms with Gasteiger partial charge in [0.15, 0.2) is 0 Å². The van der Waals surface area contributed by atoms with Crippen LogP contribution in [0.5, 0.6) is 0 Å². The Bertz CT molecular complexity index is 727. The molecule has 0 saturated carbocycles. The van der Waals surface area contributed by atoms with Crippen molar-refractivity contribution in [3.63, 3.8) is 0 Å². The maximum atomic E-state index is 12.6. The summed E-state index contributed by atoms with van der Waals surface area (Å²) in [7, 11) is 0. The van der Waals surface area contributed by atoms with Gasteiger partial charge in [-0.2, -0.15) is 4.68 Å². The molecule has 1 fully saturated rings. The summed E-state index contributed by atoms with van der Waals surface area (Å²) in [5, 5.41) is 4.11. The monoisotopic (exact) mass is 316 g/mol. The normalized spacial score (nSPS) is 21.4. The third-order valence-electron chi connectivity index (χ3n) is 4.28. The minimum absolute atomic E-state index is 0.0992. The first-order chi connectivity index (χ1) is 11.1. The van der Waals surface area contributed by atoms with Crippen LogP contribution in [-0.2, 0) is 11.3 Å². The highest BCUT2D eigenvalue weighted by Crippen LogP contribution is 2.22. The number of rotatable bonds is 3. The molecular formula is C16H20N4O3. The minimum atomic E-state index is -0.630. The van der Waals surface area contributed by atoms with Crippen LogP contribution in [0, 0.1) is 0 Å². The Morgan fingerprint density at radius 3 is 2.74 bits per heavy atom. The van der Waals surface area contributed by atoms with Crippen LogP contribution in [0.25, 0.3) is 11.5 Å². The third kappa shape index (κ3) is 3.18. The zero-order valence-electron chi connectivity index (χ0n) is 13.3. The average molecular weight is 316 g/mol. The summed E-state index contributed by atoms with van der Waals surface area (Å²) < 4.78 is 6.21. The molecule has 7 nitrogen and oxygen atoms in total. The van der Waals surface area contributed by atoms with Crippen LogP contribution in [0.3, 0.4) is 0 Å². The van der Waals surface area contributed by atoms with Gasteiger partial charge >= 0.3 is 5.76 Å². The van der Waals surface area contributed by atoms with Crippen LogP contribution < -0.4 is 5.76 Å². The Balaban J connectivity index is 1.79. The lowest BCUT2D eigenvalue weighted by Crippen LogP contribution is -2.49. The number of hydrogen-bond acceptors (Lipinski definition) is 5. The molecule has 1 amide bonds. The lowest BCUT2D eigenvalue weighted by molar-refractivity contribution is -0.138. The molecule has 0 aliphatic carbocycles. The van der Waals surface area contributed by atoms with E-state index in [4.69, 9.17) is 4.42 Å². The molecule has 0 radical (unpaired) electrons. The van der Waals surface area contributed by atoms with Gasteiger partial charge in [0.1, 0.15) is 6.54 Å². The van der Waals surface area contributed by atoms with Crippen LogP contribution in [0.1, 0.15) is 33.1 Å². The highest BCUT2D eigenvalue weighted by Gasteiger charge is 2.29. The summed E-state index contributed by atoms with van der Waals surface area (Å²) in [6.07, 6.45) is 6.30. The Labute approximate surface area is 133 Å². The van der Waals surface area contributed by atoms with Gasteiger partial charge in [0.2, 0.25) is 5.91 Å². The summed E-state index contributed by atoms with van der Waals surface area (Å²) in [5.74, 6) is -0.553. The molecule has 1 saturated heterocycles. The highest BCUT2D eigenvalue weighted by atomic mass is 16.4. The largest absolute Gasteiger partial charge is 0.437 e. The molecule has 2 atom stereocenters. The molecule has 2 aromatic rings. The maximum absolute atomic E-state index is 12.6. The second-order valence-corrected chi connectivity index (χ2v) is 6.00. The zero-order chi connectivity index (χ0) is 16.4. The molecule has 7 heteroatoms. The molecule has 23 heavy (non-hydrogen) atoms. The van der Waals surface area contributed by atoms with Gasteiger partial charge in [-0.1, -0.05) is 0 Å². The lowest BCUT2D eigenvalue weighted by atomic mass is 9.97. The Morgan fingerprint density at radius 1 is 1.35 bits per heavy atom.